The van der Waals surface area contributed by atoms with Gasteiger partial charge in [-0.15, -0.1) is 11.6 Å². The monoisotopic (exact) mass is 130 g/mol. The summed E-state index contributed by atoms with van der Waals surface area (Å²) in [6, 6.07) is 0. The van der Waals surface area contributed by atoms with Crippen LogP contribution in [0.3, 0.4) is 0 Å². The largest absolute Gasteiger partial charge is 0.293 e. The predicted octanol–water partition coefficient (Wildman–Crippen LogP) is 1.51. The van der Waals surface area contributed by atoms with E-state index in [-0.39, 0.29) is 5.78 Å². The molecule has 0 aromatic carbocycles. The summed E-state index contributed by atoms with van der Waals surface area (Å²) in [5, 5.41) is 0. The molecule has 1 aliphatic carbocycles. The third-order valence-corrected chi connectivity index (χ3v) is 1.62. The zero-order valence-electron chi connectivity index (χ0n) is 4.65. The van der Waals surface area contributed by atoms with E-state index in [0.29, 0.717) is 6.42 Å². The fraction of sp³-hybridized carbons (Fsp3) is 0.500. The summed E-state index contributed by atoms with van der Waals surface area (Å²) in [5.41, 5.74) is 0. The Morgan fingerprint density at radius 2 is 2.50 bits per heavy atom. The molecule has 0 fully saturated rings. The number of hydrogen-bond donors (Lipinski definition) is 0. The van der Waals surface area contributed by atoms with Gasteiger partial charge in [0, 0.05) is 0 Å². The lowest BCUT2D eigenvalue weighted by Crippen LogP contribution is -2.21. The van der Waals surface area contributed by atoms with Gasteiger partial charge in [0.1, 0.15) is 4.87 Å². The summed E-state index contributed by atoms with van der Waals surface area (Å²) in [6.07, 6.45) is 4.01. The molecule has 0 saturated heterocycles. The summed E-state index contributed by atoms with van der Waals surface area (Å²) in [5.74, 6) is 0.0270. The fourth-order valence-electron chi connectivity index (χ4n) is 0.662. The maximum Gasteiger partial charge on any atom is 0.176 e. The highest BCUT2D eigenvalue weighted by Gasteiger charge is 2.30. The molecule has 1 rings (SSSR count). The predicted molar refractivity (Wildman–Crippen MR) is 33.0 cm³/mol. The second-order valence-electron chi connectivity index (χ2n) is 2.17. The zero-order valence-corrected chi connectivity index (χ0v) is 5.40. The summed E-state index contributed by atoms with van der Waals surface area (Å²) >= 11 is 5.71. The number of alkyl halides is 1. The molecular formula is C6H7ClO. The van der Waals surface area contributed by atoms with Crippen molar-refractivity contribution in [2.24, 2.45) is 0 Å². The van der Waals surface area contributed by atoms with Crippen LogP contribution in [-0.2, 0) is 4.79 Å². The molecule has 1 atom stereocenters. The summed E-state index contributed by atoms with van der Waals surface area (Å²) in [4.78, 5) is 10.1. The van der Waals surface area contributed by atoms with Gasteiger partial charge in [-0.1, -0.05) is 6.08 Å². The molecule has 1 aliphatic rings. The van der Waals surface area contributed by atoms with Gasteiger partial charge in [-0.2, -0.15) is 0 Å². The van der Waals surface area contributed by atoms with Gasteiger partial charge in [-0.05, 0) is 19.4 Å². The Morgan fingerprint density at radius 1 is 1.88 bits per heavy atom. The van der Waals surface area contributed by atoms with Gasteiger partial charge in [0.15, 0.2) is 5.78 Å². The molecule has 0 aromatic rings. The lowest BCUT2D eigenvalue weighted by molar-refractivity contribution is -0.115. The minimum atomic E-state index is -0.625. The van der Waals surface area contributed by atoms with Crippen LogP contribution >= 0.6 is 11.6 Å². The molecule has 0 saturated carbocycles. The molecule has 0 radical (unpaired) electrons. The van der Waals surface area contributed by atoms with Gasteiger partial charge < -0.3 is 0 Å². The topological polar surface area (TPSA) is 17.1 Å². The van der Waals surface area contributed by atoms with E-state index in [1.807, 2.05) is 0 Å². The molecule has 2 heteroatoms. The molecule has 0 heterocycles. The normalized spacial score (nSPS) is 36.5. The van der Waals surface area contributed by atoms with Crippen LogP contribution in [-0.4, -0.2) is 10.7 Å². The Hall–Kier alpha value is -0.300. The van der Waals surface area contributed by atoms with Gasteiger partial charge in [0.25, 0.3) is 0 Å². The smallest absolute Gasteiger partial charge is 0.176 e. The Labute approximate surface area is 53.3 Å². The maximum atomic E-state index is 10.7. The minimum absolute atomic E-state index is 0.0270. The zero-order chi connectivity index (χ0) is 6.20. The van der Waals surface area contributed by atoms with Gasteiger partial charge >= 0.3 is 0 Å². The van der Waals surface area contributed by atoms with Crippen molar-refractivity contribution in [1.29, 1.82) is 0 Å². The number of hydrogen-bond acceptors (Lipinski definition) is 1. The number of halogens is 1. The lowest BCUT2D eigenvalue weighted by Gasteiger charge is -2.09. The van der Waals surface area contributed by atoms with Crippen molar-refractivity contribution in [2.45, 2.75) is 18.2 Å². The van der Waals surface area contributed by atoms with E-state index in [9.17, 15) is 4.79 Å². The molecule has 0 aromatic heterocycles. The molecule has 8 heavy (non-hydrogen) atoms. The lowest BCUT2D eigenvalue weighted by atomic mass is 10.1. The number of ketones is 1. The highest BCUT2D eigenvalue weighted by Crippen LogP contribution is 2.26. The Kier molecular flexibility index (Phi) is 1.16. The van der Waals surface area contributed by atoms with Crippen LogP contribution in [0.5, 0.6) is 0 Å². The van der Waals surface area contributed by atoms with E-state index < -0.39 is 4.87 Å². The van der Waals surface area contributed by atoms with Crippen LogP contribution in [0.4, 0.5) is 0 Å². The van der Waals surface area contributed by atoms with E-state index in [1.54, 1.807) is 13.0 Å². The Morgan fingerprint density at radius 3 is 2.62 bits per heavy atom. The van der Waals surface area contributed by atoms with Crippen molar-refractivity contribution in [1.82, 2.24) is 0 Å². The Balaban J connectivity index is 2.79. The average molecular weight is 131 g/mol. The van der Waals surface area contributed by atoms with Crippen molar-refractivity contribution in [2.75, 3.05) is 0 Å². The first-order valence-corrected chi connectivity index (χ1v) is 2.90. The first-order chi connectivity index (χ1) is 3.63. The third-order valence-electron chi connectivity index (χ3n) is 1.28. The quantitative estimate of drug-likeness (QED) is 0.455. The molecule has 44 valence electrons. The Bertz CT molecular complexity index is 147. The molecule has 0 spiro atoms. The summed E-state index contributed by atoms with van der Waals surface area (Å²) < 4.78 is 0. The van der Waals surface area contributed by atoms with Gasteiger partial charge in [0.05, 0.1) is 0 Å². The molecular weight excluding hydrogens is 124 g/mol. The fourth-order valence-corrected chi connectivity index (χ4v) is 0.814. The minimum Gasteiger partial charge on any atom is -0.293 e. The standard InChI is InChI=1S/C6H7ClO/c1-6(7)4-2-3-5(6)8/h2-3H,4H2,1H3/t6-/m0/s1. The number of allylic oxidation sites excluding steroid dienone is 2. The van der Waals surface area contributed by atoms with Crippen molar-refractivity contribution in [3.63, 3.8) is 0 Å². The van der Waals surface area contributed by atoms with E-state index in [0.717, 1.165) is 0 Å². The molecule has 0 unspecified atom stereocenters. The molecule has 0 N–H and O–H groups in total. The molecule has 0 amide bonds. The van der Waals surface area contributed by atoms with E-state index in [1.165, 1.54) is 6.08 Å². The first-order valence-electron chi connectivity index (χ1n) is 2.53. The first kappa shape index (κ1) is 5.83. The van der Waals surface area contributed by atoms with Crippen molar-refractivity contribution in [3.05, 3.63) is 12.2 Å². The van der Waals surface area contributed by atoms with Crippen molar-refractivity contribution < 1.29 is 4.79 Å². The van der Waals surface area contributed by atoms with Crippen molar-refractivity contribution >= 4 is 17.4 Å². The summed E-state index contributed by atoms with van der Waals surface area (Å²) in [7, 11) is 0. The van der Waals surface area contributed by atoms with E-state index >= 15 is 0 Å². The van der Waals surface area contributed by atoms with Crippen LogP contribution in [0.25, 0.3) is 0 Å². The highest BCUT2D eigenvalue weighted by molar-refractivity contribution is 6.37. The van der Waals surface area contributed by atoms with Crippen LogP contribution in [0.2, 0.25) is 0 Å². The van der Waals surface area contributed by atoms with Crippen LogP contribution < -0.4 is 0 Å². The molecule has 0 bridgehead atoms. The van der Waals surface area contributed by atoms with Crippen LogP contribution in [0.1, 0.15) is 13.3 Å². The van der Waals surface area contributed by atoms with Crippen LogP contribution in [0.15, 0.2) is 12.2 Å². The van der Waals surface area contributed by atoms with Gasteiger partial charge in [0.2, 0.25) is 0 Å². The summed E-state index contributed by atoms with van der Waals surface area (Å²) in [6.45, 7) is 1.73. The number of rotatable bonds is 0. The van der Waals surface area contributed by atoms with Crippen molar-refractivity contribution in [3.8, 4) is 0 Å². The second kappa shape index (κ2) is 1.59. The maximum absolute atomic E-state index is 10.7. The SMILES string of the molecule is C[C@]1(Cl)CC=CC1=O. The van der Waals surface area contributed by atoms with E-state index in [4.69, 9.17) is 11.6 Å². The van der Waals surface area contributed by atoms with E-state index in [2.05, 4.69) is 0 Å². The second-order valence-corrected chi connectivity index (χ2v) is 3.00. The van der Waals surface area contributed by atoms with Gasteiger partial charge in [-0.25, -0.2) is 0 Å². The molecule has 0 aliphatic heterocycles. The van der Waals surface area contributed by atoms with Crippen LogP contribution in [0, 0.1) is 0 Å². The highest BCUT2D eigenvalue weighted by atomic mass is 35.5. The number of carbonyl (C=O) groups is 1. The number of carbonyl (C=O) groups excluding carboxylic acids is 1. The third kappa shape index (κ3) is 0.781. The average Bonchev–Trinajstić information content (AvgIpc) is 1.86. The molecule has 1 nitrogen and oxygen atoms in total. The van der Waals surface area contributed by atoms with Gasteiger partial charge in [-0.3, -0.25) is 4.79 Å².